The summed E-state index contributed by atoms with van der Waals surface area (Å²) in [5, 5.41) is 0. The maximum absolute atomic E-state index is 13.3. The molecule has 4 fully saturated rings. The summed E-state index contributed by atoms with van der Waals surface area (Å²) in [6, 6.07) is 0. The number of hydrogen-bond acceptors (Lipinski definition) is 4. The van der Waals surface area contributed by atoms with Gasteiger partial charge in [0.15, 0.2) is 0 Å². The molecule has 0 heterocycles. The van der Waals surface area contributed by atoms with E-state index in [-0.39, 0.29) is 40.2 Å². The maximum atomic E-state index is 13.3. The number of esters is 1. The van der Waals surface area contributed by atoms with Crippen molar-refractivity contribution in [2.24, 2.45) is 34.0 Å². The lowest BCUT2D eigenvalue weighted by Crippen LogP contribution is -2.61. The van der Waals surface area contributed by atoms with Gasteiger partial charge in [-0.15, -0.1) is 0 Å². The molecular weight excluding hydrogens is 328 g/mol. The summed E-state index contributed by atoms with van der Waals surface area (Å²) in [7, 11) is 0. The van der Waals surface area contributed by atoms with E-state index in [2.05, 4.69) is 20.8 Å². The van der Waals surface area contributed by atoms with E-state index in [1.165, 1.54) is 6.92 Å². The van der Waals surface area contributed by atoms with E-state index >= 15 is 0 Å². The van der Waals surface area contributed by atoms with Crippen LogP contribution in [0.2, 0.25) is 0 Å². The smallest absolute Gasteiger partial charge is 0.302 e. The van der Waals surface area contributed by atoms with Gasteiger partial charge in [-0.3, -0.25) is 14.4 Å². The molecule has 144 valence electrons. The number of carbonyl (C=O) groups is 3. The van der Waals surface area contributed by atoms with Crippen molar-refractivity contribution in [2.45, 2.75) is 85.2 Å². The van der Waals surface area contributed by atoms with Gasteiger partial charge in [0.2, 0.25) is 0 Å². The minimum absolute atomic E-state index is 0.0585. The highest BCUT2D eigenvalue weighted by Crippen LogP contribution is 2.68. The Balaban J connectivity index is 1.66. The second kappa shape index (κ2) is 5.65. The summed E-state index contributed by atoms with van der Waals surface area (Å²) < 4.78 is 5.53. The van der Waals surface area contributed by atoms with Crippen LogP contribution < -0.4 is 0 Å². The molecular formula is C22H32O4. The third-order valence-electron chi connectivity index (χ3n) is 9.11. The van der Waals surface area contributed by atoms with E-state index in [0.29, 0.717) is 30.3 Å². The molecule has 0 unspecified atom stereocenters. The first kappa shape index (κ1) is 18.2. The van der Waals surface area contributed by atoms with Crippen LogP contribution in [-0.4, -0.2) is 23.6 Å². The van der Waals surface area contributed by atoms with Gasteiger partial charge in [-0.2, -0.15) is 0 Å². The van der Waals surface area contributed by atoms with Crippen LogP contribution in [0.15, 0.2) is 0 Å². The van der Waals surface area contributed by atoms with Crippen LogP contribution in [0.25, 0.3) is 0 Å². The number of carbonyl (C=O) groups excluding carboxylic acids is 3. The first-order valence-electron chi connectivity index (χ1n) is 10.3. The van der Waals surface area contributed by atoms with Crippen LogP contribution in [0.3, 0.4) is 0 Å². The Labute approximate surface area is 156 Å². The van der Waals surface area contributed by atoms with Crippen molar-refractivity contribution in [1.82, 2.24) is 0 Å². The Hall–Kier alpha value is -1.19. The molecule has 0 saturated heterocycles. The van der Waals surface area contributed by atoms with E-state index < -0.39 is 0 Å². The molecule has 4 heteroatoms. The highest BCUT2D eigenvalue weighted by Gasteiger charge is 2.66. The fraction of sp³-hybridized carbons (Fsp3) is 0.864. The molecule has 4 aliphatic carbocycles. The number of Topliss-reactive ketones (excluding diaryl/α,β-unsaturated/α-hetero) is 2. The zero-order valence-corrected chi connectivity index (χ0v) is 16.6. The highest BCUT2D eigenvalue weighted by atomic mass is 16.5. The Morgan fingerprint density at radius 1 is 1.04 bits per heavy atom. The second-order valence-electron chi connectivity index (χ2n) is 10.3. The molecule has 0 bridgehead atoms. The Bertz CT molecular complexity index is 669. The maximum Gasteiger partial charge on any atom is 0.302 e. The zero-order valence-electron chi connectivity index (χ0n) is 16.6. The predicted molar refractivity (Wildman–Crippen MR) is 97.3 cm³/mol. The topological polar surface area (TPSA) is 60.4 Å². The van der Waals surface area contributed by atoms with Crippen LogP contribution in [0.4, 0.5) is 0 Å². The summed E-state index contributed by atoms with van der Waals surface area (Å²) in [5.74, 6) is 1.20. The van der Waals surface area contributed by atoms with Gasteiger partial charge >= 0.3 is 5.97 Å². The standard InChI is InChI=1S/C22H32O4/c1-13(23)26-14-7-10-22(4)16-8-9-21(3)15(5-6-18(21)25)19(16)17(24)12-20(22,2)11-14/h14-16,19H,5-12H2,1-4H3/t14-,15+,16+,19+,20-,21+,22-/m1/s1. The normalized spacial score (nSPS) is 50.6. The molecule has 26 heavy (non-hydrogen) atoms. The lowest BCUT2D eigenvalue weighted by atomic mass is 9.40. The third kappa shape index (κ3) is 2.29. The van der Waals surface area contributed by atoms with E-state index in [1.807, 2.05) is 0 Å². The van der Waals surface area contributed by atoms with Crippen LogP contribution in [0.1, 0.15) is 79.1 Å². The minimum Gasteiger partial charge on any atom is -0.463 e. The second-order valence-corrected chi connectivity index (χ2v) is 10.3. The Morgan fingerprint density at radius 3 is 2.46 bits per heavy atom. The van der Waals surface area contributed by atoms with Crippen LogP contribution >= 0.6 is 0 Å². The van der Waals surface area contributed by atoms with Crippen molar-refractivity contribution in [2.75, 3.05) is 0 Å². The van der Waals surface area contributed by atoms with Crippen molar-refractivity contribution in [1.29, 1.82) is 0 Å². The monoisotopic (exact) mass is 360 g/mol. The molecule has 0 radical (unpaired) electrons. The number of rotatable bonds is 1. The molecule has 4 aliphatic rings. The average Bonchev–Trinajstić information content (AvgIpc) is 2.84. The molecule has 0 aromatic heterocycles. The molecule has 0 spiro atoms. The fourth-order valence-corrected chi connectivity index (χ4v) is 7.42. The lowest BCUT2D eigenvalue weighted by molar-refractivity contribution is -0.185. The van der Waals surface area contributed by atoms with Crippen molar-refractivity contribution in [3.8, 4) is 0 Å². The first-order valence-corrected chi connectivity index (χ1v) is 10.3. The van der Waals surface area contributed by atoms with Crippen LogP contribution in [-0.2, 0) is 19.1 Å². The molecule has 4 rings (SSSR count). The quantitative estimate of drug-likeness (QED) is 0.661. The van der Waals surface area contributed by atoms with Gasteiger partial charge in [0.25, 0.3) is 0 Å². The number of ketones is 2. The molecule has 7 atom stereocenters. The number of hydrogen-bond donors (Lipinski definition) is 0. The zero-order chi connectivity index (χ0) is 18.9. The van der Waals surface area contributed by atoms with E-state index in [0.717, 1.165) is 38.5 Å². The van der Waals surface area contributed by atoms with Crippen molar-refractivity contribution >= 4 is 17.5 Å². The average molecular weight is 360 g/mol. The summed E-state index contributed by atoms with van der Waals surface area (Å²) >= 11 is 0. The van der Waals surface area contributed by atoms with Gasteiger partial charge in [0, 0.05) is 31.1 Å². The molecule has 0 aromatic carbocycles. The molecule has 0 N–H and O–H groups in total. The molecule has 0 aliphatic heterocycles. The summed E-state index contributed by atoms with van der Waals surface area (Å²) in [4.78, 5) is 37.3. The van der Waals surface area contributed by atoms with Gasteiger partial charge < -0.3 is 4.74 Å². The molecule has 0 aromatic rings. The Morgan fingerprint density at radius 2 is 1.77 bits per heavy atom. The van der Waals surface area contributed by atoms with E-state index in [9.17, 15) is 14.4 Å². The van der Waals surface area contributed by atoms with Crippen LogP contribution in [0.5, 0.6) is 0 Å². The molecule has 4 nitrogen and oxygen atoms in total. The van der Waals surface area contributed by atoms with Gasteiger partial charge in [0.05, 0.1) is 0 Å². The van der Waals surface area contributed by atoms with Crippen molar-refractivity contribution in [3.05, 3.63) is 0 Å². The number of ether oxygens (including phenoxy) is 1. The molecule has 4 saturated carbocycles. The number of fused-ring (bicyclic) bond motifs is 5. The molecule has 0 amide bonds. The van der Waals surface area contributed by atoms with Gasteiger partial charge in [0.1, 0.15) is 17.7 Å². The fourth-order valence-electron chi connectivity index (χ4n) is 7.42. The van der Waals surface area contributed by atoms with Crippen molar-refractivity contribution in [3.63, 3.8) is 0 Å². The predicted octanol–water partition coefficient (Wildman–Crippen LogP) is 4.10. The van der Waals surface area contributed by atoms with Gasteiger partial charge in [-0.05, 0) is 61.2 Å². The van der Waals surface area contributed by atoms with E-state index in [1.54, 1.807) is 0 Å². The van der Waals surface area contributed by atoms with Crippen molar-refractivity contribution < 1.29 is 19.1 Å². The van der Waals surface area contributed by atoms with Gasteiger partial charge in [-0.25, -0.2) is 0 Å². The first-order chi connectivity index (χ1) is 12.1. The Kier molecular flexibility index (Phi) is 3.95. The van der Waals surface area contributed by atoms with Crippen LogP contribution in [0, 0.1) is 34.0 Å². The highest BCUT2D eigenvalue weighted by molar-refractivity contribution is 5.90. The summed E-state index contributed by atoms with van der Waals surface area (Å²) in [5.41, 5.74) is -0.287. The minimum atomic E-state index is -0.268. The largest absolute Gasteiger partial charge is 0.463 e. The summed E-state index contributed by atoms with van der Waals surface area (Å²) in [6.07, 6.45) is 6.67. The lowest BCUT2D eigenvalue weighted by Gasteiger charge is -2.63. The van der Waals surface area contributed by atoms with E-state index in [4.69, 9.17) is 4.74 Å². The SMILES string of the molecule is CC(=O)O[C@@H]1CC[C@]2(C)[C@H]3CC[C@]4(C)C(=O)CC[C@H]4[C@@H]3C(=O)C[C@@]2(C)C1. The summed E-state index contributed by atoms with van der Waals surface area (Å²) in [6.45, 7) is 8.20. The third-order valence-corrected chi connectivity index (χ3v) is 9.11. The van der Waals surface area contributed by atoms with Gasteiger partial charge in [-0.1, -0.05) is 20.8 Å².